The van der Waals surface area contributed by atoms with Crippen LogP contribution >= 0.6 is 0 Å². The number of benzene rings is 2. The van der Waals surface area contributed by atoms with Gasteiger partial charge in [0.05, 0.1) is 12.0 Å². The lowest BCUT2D eigenvalue weighted by molar-refractivity contribution is -0.246. The van der Waals surface area contributed by atoms with Gasteiger partial charge in [0, 0.05) is 36.8 Å². The highest BCUT2D eigenvalue weighted by molar-refractivity contribution is 5.95. The molecule has 3 fully saturated rings. The van der Waals surface area contributed by atoms with Crippen molar-refractivity contribution >= 4 is 35.8 Å². The maximum Gasteiger partial charge on any atom is 0.408 e. The molecule has 0 unspecified atom stereocenters. The predicted molar refractivity (Wildman–Crippen MR) is 264 cm³/mol. The van der Waals surface area contributed by atoms with E-state index in [0.717, 1.165) is 11.1 Å². The Morgan fingerprint density at radius 2 is 1.39 bits per heavy atom. The summed E-state index contributed by atoms with van der Waals surface area (Å²) in [6, 6.07) is 15.7. The second-order valence-corrected chi connectivity index (χ2v) is 21.7. The number of alkyl carbamates (subject to hydrolysis) is 2. The molecule has 3 heterocycles. The van der Waals surface area contributed by atoms with Crippen LogP contribution in [0.25, 0.3) is 0 Å². The van der Waals surface area contributed by atoms with E-state index in [2.05, 4.69) is 35.1 Å². The first-order chi connectivity index (χ1) is 32.5. The summed E-state index contributed by atoms with van der Waals surface area (Å²) in [5.41, 5.74) is -0.148. The third-order valence-electron chi connectivity index (χ3n) is 13.0. The van der Waals surface area contributed by atoms with Gasteiger partial charge < -0.3 is 45.7 Å². The Balaban J connectivity index is 1.29. The summed E-state index contributed by atoms with van der Waals surface area (Å²) in [5, 5.41) is 24.1. The van der Waals surface area contributed by atoms with Gasteiger partial charge in [-0.05, 0) is 130 Å². The van der Waals surface area contributed by atoms with E-state index >= 15 is 0 Å². The van der Waals surface area contributed by atoms with Crippen LogP contribution in [0.2, 0.25) is 0 Å². The fourth-order valence-corrected chi connectivity index (χ4v) is 10.0. The minimum absolute atomic E-state index is 0.107. The van der Waals surface area contributed by atoms with Gasteiger partial charge in [-0.2, -0.15) is 5.06 Å². The highest BCUT2D eigenvalue weighted by Crippen LogP contribution is 2.37. The summed E-state index contributed by atoms with van der Waals surface area (Å²) < 4.78 is 10.9. The second-order valence-electron chi connectivity index (χ2n) is 21.7. The largest absolute Gasteiger partial charge is 0.445 e. The number of hydroxylamine groups is 2. The first kappa shape index (κ1) is 54.5. The summed E-state index contributed by atoms with van der Waals surface area (Å²) >= 11 is 0. The molecular weight excluding hydrogens is 879 g/mol. The lowest BCUT2D eigenvalue weighted by atomic mass is 9.79. The number of carbonyl (C=O) groups is 6. The minimum atomic E-state index is -0.991. The number of hydrogen-bond donors (Lipinski definition) is 5. The van der Waals surface area contributed by atoms with E-state index in [1.165, 1.54) is 5.06 Å². The van der Waals surface area contributed by atoms with Crippen molar-refractivity contribution in [2.75, 3.05) is 19.6 Å². The number of rotatable bonds is 19. The fourth-order valence-electron chi connectivity index (χ4n) is 10.0. The van der Waals surface area contributed by atoms with Gasteiger partial charge in [0.2, 0.25) is 23.6 Å². The van der Waals surface area contributed by atoms with Gasteiger partial charge in [-0.25, -0.2) is 9.59 Å². The van der Waals surface area contributed by atoms with Gasteiger partial charge in [-0.3, -0.25) is 19.2 Å². The van der Waals surface area contributed by atoms with Crippen LogP contribution in [0.15, 0.2) is 72.8 Å². The Morgan fingerprint density at radius 3 is 2.00 bits per heavy atom. The van der Waals surface area contributed by atoms with E-state index in [1.807, 2.05) is 101 Å². The van der Waals surface area contributed by atoms with Crippen molar-refractivity contribution in [1.29, 1.82) is 0 Å². The third-order valence-corrected chi connectivity index (χ3v) is 13.0. The van der Waals surface area contributed by atoms with Crippen LogP contribution in [0.5, 0.6) is 0 Å². The standard InChI is InChI=1S/C53H79N7O9/c1-36(2)31-40(56-50(66)69-51(3,4)5)27-26-39(32-37-19-12-10-13-20-37)47(63)59-30-18-25-44(59)48(64)58-29-17-24-43(58)46(62)57-42(23-16-28-54-49(65)68-35-38-21-14-11-15-22-38)45(61)55-41-33-52(6,7)60(67)53(8,9)34-41/h10-15,19-22,26-27,36,39-44,67H,16-18,23-25,28-35H2,1-9H3,(H,54,65)(H,55,61)(H,56,66)(H,57,62)/b27-26+/t39-,40-,42+,43+,44+/m1/s1. The molecule has 5 atom stereocenters. The van der Waals surface area contributed by atoms with E-state index in [9.17, 15) is 34.0 Å². The van der Waals surface area contributed by atoms with Crippen molar-refractivity contribution in [3.05, 3.63) is 83.9 Å². The Hall–Kier alpha value is -5.48. The second kappa shape index (κ2) is 24.4. The highest BCUT2D eigenvalue weighted by Gasteiger charge is 2.47. The van der Waals surface area contributed by atoms with Crippen molar-refractivity contribution < 1.29 is 43.4 Å². The molecule has 0 saturated carbocycles. The monoisotopic (exact) mass is 958 g/mol. The summed E-state index contributed by atoms with van der Waals surface area (Å²) in [6.45, 7) is 18.2. The van der Waals surface area contributed by atoms with Crippen LogP contribution in [-0.4, -0.2) is 122 Å². The van der Waals surface area contributed by atoms with Gasteiger partial charge in [0.1, 0.15) is 30.3 Å². The molecule has 5 rings (SSSR count). The zero-order valence-electron chi connectivity index (χ0n) is 42.4. The summed E-state index contributed by atoms with van der Waals surface area (Å²) in [7, 11) is 0. The van der Waals surface area contributed by atoms with E-state index in [0.29, 0.717) is 70.9 Å². The van der Waals surface area contributed by atoms with E-state index in [4.69, 9.17) is 9.47 Å². The molecule has 0 aliphatic carbocycles. The number of ether oxygens (including phenoxy) is 2. The topological polar surface area (TPSA) is 199 Å². The molecule has 0 spiro atoms. The van der Waals surface area contributed by atoms with Crippen molar-refractivity contribution in [2.45, 2.75) is 180 Å². The number of likely N-dealkylation sites (tertiary alicyclic amines) is 2. The Morgan fingerprint density at radius 1 is 0.797 bits per heavy atom. The lowest BCUT2D eigenvalue weighted by Crippen LogP contribution is -2.64. The van der Waals surface area contributed by atoms with Crippen molar-refractivity contribution in [2.24, 2.45) is 11.8 Å². The molecule has 3 saturated heterocycles. The first-order valence-electron chi connectivity index (χ1n) is 24.9. The molecule has 2 aromatic rings. The molecule has 0 bridgehead atoms. The maximum absolute atomic E-state index is 14.7. The molecule has 69 heavy (non-hydrogen) atoms. The molecule has 6 amide bonds. The van der Waals surface area contributed by atoms with Crippen LogP contribution in [0.3, 0.4) is 0 Å². The van der Waals surface area contributed by atoms with E-state index < -0.39 is 70.8 Å². The van der Waals surface area contributed by atoms with Gasteiger partial charge in [-0.1, -0.05) is 86.7 Å². The van der Waals surface area contributed by atoms with Crippen LogP contribution in [0.4, 0.5) is 9.59 Å². The number of nitrogens with zero attached hydrogens (tertiary/aromatic N) is 3. The lowest BCUT2D eigenvalue weighted by Gasteiger charge is -2.51. The molecule has 3 aliphatic rings. The molecule has 2 aromatic carbocycles. The molecule has 0 aromatic heterocycles. The Kier molecular flexibility index (Phi) is 19.2. The normalized spacial score (nSPS) is 20.8. The van der Waals surface area contributed by atoms with Crippen molar-refractivity contribution in [3.8, 4) is 0 Å². The van der Waals surface area contributed by atoms with Crippen LogP contribution in [0.1, 0.15) is 131 Å². The molecule has 16 heteroatoms. The van der Waals surface area contributed by atoms with Crippen LogP contribution in [0, 0.1) is 11.8 Å². The maximum atomic E-state index is 14.7. The van der Waals surface area contributed by atoms with Crippen molar-refractivity contribution in [3.63, 3.8) is 0 Å². The van der Waals surface area contributed by atoms with Crippen LogP contribution < -0.4 is 21.3 Å². The molecule has 0 radical (unpaired) electrons. The number of amides is 6. The number of piperidine rings is 1. The first-order valence-corrected chi connectivity index (χ1v) is 24.9. The molecule has 16 nitrogen and oxygen atoms in total. The Labute approximate surface area is 409 Å². The number of carbonyl (C=O) groups excluding carboxylic acids is 6. The van der Waals surface area contributed by atoms with Crippen LogP contribution in [-0.2, 0) is 41.7 Å². The molecule has 3 aliphatic heterocycles. The van der Waals surface area contributed by atoms with Gasteiger partial charge >= 0.3 is 12.2 Å². The summed E-state index contributed by atoms with van der Waals surface area (Å²) in [4.78, 5) is 86.5. The van der Waals surface area contributed by atoms with Gasteiger partial charge in [-0.15, -0.1) is 0 Å². The number of nitrogens with one attached hydrogen (secondary N) is 4. The zero-order chi connectivity index (χ0) is 50.5. The average Bonchev–Trinajstić information content (AvgIpc) is 3.98. The predicted octanol–water partition coefficient (Wildman–Crippen LogP) is 7.04. The number of hydrogen-bond acceptors (Lipinski definition) is 10. The van der Waals surface area contributed by atoms with E-state index in [1.54, 1.807) is 30.6 Å². The Bertz CT molecular complexity index is 2060. The SMILES string of the molecule is CC(C)C[C@@H](/C=C/[C@H](Cc1ccccc1)C(=O)N1CCC[C@H]1C(=O)N1CCC[C@H]1C(=O)N[C@@H](CCCNC(=O)OCc1ccccc1)C(=O)NC1CC(C)(C)N(O)C(C)(C)C1)NC(=O)OC(C)(C)C. The van der Waals surface area contributed by atoms with Gasteiger partial charge in [0.15, 0.2) is 0 Å². The molecule has 380 valence electrons. The highest BCUT2D eigenvalue weighted by atomic mass is 16.6. The fraction of sp³-hybridized carbons (Fsp3) is 0.623. The smallest absolute Gasteiger partial charge is 0.408 e. The summed E-state index contributed by atoms with van der Waals surface area (Å²) in [5.74, 6) is -1.78. The summed E-state index contributed by atoms with van der Waals surface area (Å²) in [6.07, 6.45) is 7.05. The van der Waals surface area contributed by atoms with Crippen molar-refractivity contribution in [1.82, 2.24) is 36.1 Å². The zero-order valence-corrected chi connectivity index (χ0v) is 42.4. The third kappa shape index (κ3) is 16.3. The van der Waals surface area contributed by atoms with Gasteiger partial charge in [0.25, 0.3) is 0 Å². The molecular formula is C53H79N7O9. The quantitative estimate of drug-likeness (QED) is 0.0719. The molecule has 5 N–H and O–H groups in total. The average molecular weight is 958 g/mol. The van der Waals surface area contributed by atoms with E-state index in [-0.39, 0.29) is 43.3 Å². The minimum Gasteiger partial charge on any atom is -0.445 e.